The van der Waals surface area contributed by atoms with E-state index in [4.69, 9.17) is 0 Å². The lowest BCUT2D eigenvalue weighted by Crippen LogP contribution is -2.44. The Morgan fingerprint density at radius 2 is 1.92 bits per heavy atom. The van der Waals surface area contributed by atoms with Gasteiger partial charge >= 0.3 is 0 Å². The second-order valence-electron chi connectivity index (χ2n) is 10.9. The Morgan fingerprint density at radius 1 is 1.16 bits per heavy atom. The number of pyridine rings is 1. The molecule has 1 atom stereocenters. The van der Waals surface area contributed by atoms with Gasteiger partial charge < -0.3 is 9.80 Å². The van der Waals surface area contributed by atoms with Crippen molar-refractivity contribution < 1.29 is 9.18 Å². The Labute approximate surface area is 224 Å². The molecule has 1 aromatic carbocycles. The second kappa shape index (κ2) is 11.3. The molecule has 1 aliphatic heterocycles. The number of aromatic nitrogens is 1. The maximum Gasteiger partial charge on any atom is 0.214 e. The summed E-state index contributed by atoms with van der Waals surface area (Å²) in [7, 11) is 2.13. The Morgan fingerprint density at radius 3 is 2.54 bits per heavy atom. The lowest BCUT2D eigenvalue weighted by Gasteiger charge is -2.40. The van der Waals surface area contributed by atoms with Gasteiger partial charge in [0.25, 0.3) is 0 Å². The van der Waals surface area contributed by atoms with Crippen LogP contribution in [-0.4, -0.2) is 49.5 Å². The fraction of sp³-hybridized carbons (Fsp3) is 0.467. The Kier molecular flexibility index (Phi) is 8.34. The first-order valence-corrected chi connectivity index (χ1v) is 13.9. The zero-order valence-corrected chi connectivity index (χ0v) is 23.5. The fourth-order valence-corrected chi connectivity index (χ4v) is 6.36. The third kappa shape index (κ3) is 6.04. The number of amides is 1. The summed E-state index contributed by atoms with van der Waals surface area (Å²) in [6.45, 7) is 12.0. The van der Waals surface area contributed by atoms with Crippen molar-refractivity contribution in [3.8, 4) is 0 Å². The molecule has 2 aromatic heterocycles. The highest BCUT2D eigenvalue weighted by molar-refractivity contribution is 7.10. The number of aryl methyl sites for hydroxylation is 2. The zero-order chi connectivity index (χ0) is 26.6. The number of hydrogen-bond donors (Lipinski definition) is 0. The SMILES string of the molecule is CCN(C=O)c1ccccc1N(C)CC1(CCc2ccc(F)s2)CCN(C(C)(C)c2ccc(C)nc2)C1. The fourth-order valence-electron chi connectivity index (χ4n) is 5.63. The third-order valence-corrected chi connectivity index (χ3v) is 8.95. The maximum atomic E-state index is 13.7. The van der Waals surface area contributed by atoms with Crippen molar-refractivity contribution in [1.29, 1.82) is 0 Å². The summed E-state index contributed by atoms with van der Waals surface area (Å²) < 4.78 is 13.7. The molecule has 0 aliphatic carbocycles. The molecule has 1 saturated heterocycles. The summed E-state index contributed by atoms with van der Waals surface area (Å²) in [4.78, 5) is 24.0. The van der Waals surface area contributed by atoms with Gasteiger partial charge in [0.2, 0.25) is 6.41 Å². The minimum atomic E-state index is -0.148. The van der Waals surface area contributed by atoms with Gasteiger partial charge in [0, 0.05) is 54.4 Å². The van der Waals surface area contributed by atoms with Crippen LogP contribution in [0.15, 0.2) is 54.7 Å². The van der Waals surface area contributed by atoms with Crippen molar-refractivity contribution in [1.82, 2.24) is 9.88 Å². The highest BCUT2D eigenvalue weighted by atomic mass is 32.1. The minimum absolute atomic E-state index is 0.0238. The molecule has 7 heteroatoms. The third-order valence-electron chi connectivity index (χ3n) is 8.02. The van der Waals surface area contributed by atoms with Gasteiger partial charge in [-0.3, -0.25) is 14.7 Å². The van der Waals surface area contributed by atoms with E-state index in [0.29, 0.717) is 6.54 Å². The number of likely N-dealkylation sites (tertiary alicyclic amines) is 1. The van der Waals surface area contributed by atoms with E-state index in [9.17, 15) is 9.18 Å². The summed E-state index contributed by atoms with van der Waals surface area (Å²) in [5.41, 5.74) is 4.10. The number of nitrogens with zero attached hydrogens (tertiary/aromatic N) is 4. The van der Waals surface area contributed by atoms with Crippen LogP contribution in [0.2, 0.25) is 0 Å². The average Bonchev–Trinajstić information content (AvgIpc) is 3.51. The van der Waals surface area contributed by atoms with Crippen LogP contribution in [0, 0.1) is 17.5 Å². The summed E-state index contributed by atoms with van der Waals surface area (Å²) in [6.07, 6.45) is 5.80. The molecule has 0 saturated carbocycles. The van der Waals surface area contributed by atoms with E-state index in [1.54, 1.807) is 11.0 Å². The monoisotopic (exact) mass is 522 g/mol. The van der Waals surface area contributed by atoms with E-state index in [-0.39, 0.29) is 16.1 Å². The molecule has 198 valence electrons. The van der Waals surface area contributed by atoms with Gasteiger partial charge in [-0.25, -0.2) is 0 Å². The van der Waals surface area contributed by atoms with E-state index in [0.717, 1.165) is 67.3 Å². The number of halogens is 1. The molecule has 3 aromatic rings. The normalized spacial score (nSPS) is 18.2. The second-order valence-corrected chi connectivity index (χ2v) is 12.0. The van der Waals surface area contributed by atoms with Crippen LogP contribution in [-0.2, 0) is 16.8 Å². The van der Waals surface area contributed by atoms with E-state index in [1.165, 1.54) is 16.9 Å². The number of rotatable bonds is 11. The van der Waals surface area contributed by atoms with Crippen molar-refractivity contribution in [2.24, 2.45) is 5.41 Å². The van der Waals surface area contributed by atoms with Crippen molar-refractivity contribution in [3.63, 3.8) is 0 Å². The van der Waals surface area contributed by atoms with Gasteiger partial charge in [-0.05, 0) is 89.4 Å². The van der Waals surface area contributed by atoms with Crippen LogP contribution >= 0.6 is 11.3 Å². The standard InChI is InChI=1S/C30H39FN4OS/c1-6-34(22-36)27-10-8-7-9-26(27)33(5)20-30(16-15-25-13-14-28(31)37-25)17-18-35(21-30)29(3,4)24-12-11-23(2)32-19-24/h7-14,19,22H,6,15-18,20-21H2,1-5H3. The van der Waals surface area contributed by atoms with E-state index in [2.05, 4.69) is 53.9 Å². The number of benzene rings is 1. The highest BCUT2D eigenvalue weighted by Gasteiger charge is 2.44. The molecule has 0 spiro atoms. The predicted molar refractivity (Wildman–Crippen MR) is 152 cm³/mol. The molecule has 1 unspecified atom stereocenters. The first-order valence-electron chi connectivity index (χ1n) is 13.1. The maximum absolute atomic E-state index is 13.7. The Balaban J connectivity index is 1.61. The molecule has 5 nitrogen and oxygen atoms in total. The summed E-state index contributed by atoms with van der Waals surface area (Å²) in [6, 6.07) is 15.9. The van der Waals surface area contributed by atoms with Gasteiger partial charge in [0.05, 0.1) is 11.4 Å². The van der Waals surface area contributed by atoms with Crippen LogP contribution in [0.3, 0.4) is 0 Å². The summed E-state index contributed by atoms with van der Waals surface area (Å²) >= 11 is 1.25. The van der Waals surface area contributed by atoms with Gasteiger partial charge in [-0.1, -0.05) is 18.2 Å². The number of hydrogen-bond acceptors (Lipinski definition) is 5. The molecule has 1 fully saturated rings. The molecule has 0 radical (unpaired) electrons. The largest absolute Gasteiger partial charge is 0.372 e. The molecule has 0 N–H and O–H groups in total. The molecule has 37 heavy (non-hydrogen) atoms. The quantitative estimate of drug-likeness (QED) is 0.278. The molecular weight excluding hydrogens is 483 g/mol. The number of anilines is 2. The number of thiophene rings is 1. The number of para-hydroxylation sites is 2. The molecule has 4 rings (SSSR count). The molecule has 1 aliphatic rings. The topological polar surface area (TPSA) is 39.7 Å². The van der Waals surface area contributed by atoms with E-state index in [1.807, 2.05) is 44.3 Å². The van der Waals surface area contributed by atoms with Gasteiger partial charge in [-0.2, -0.15) is 4.39 Å². The van der Waals surface area contributed by atoms with Crippen molar-refractivity contribution in [2.45, 2.75) is 52.5 Å². The first-order chi connectivity index (χ1) is 17.7. The lowest BCUT2D eigenvalue weighted by molar-refractivity contribution is -0.107. The minimum Gasteiger partial charge on any atom is -0.372 e. The molecule has 0 bridgehead atoms. The summed E-state index contributed by atoms with van der Waals surface area (Å²) in [5.74, 6) is 0. The lowest BCUT2D eigenvalue weighted by atomic mass is 9.81. The van der Waals surface area contributed by atoms with Crippen molar-refractivity contribution in [2.75, 3.05) is 43.0 Å². The molecular formula is C30H39FN4OS. The highest BCUT2D eigenvalue weighted by Crippen LogP contribution is 2.43. The number of carbonyl (C=O) groups is 1. The van der Waals surface area contributed by atoms with Crippen LogP contribution in [0.5, 0.6) is 0 Å². The van der Waals surface area contributed by atoms with Gasteiger partial charge in [0.1, 0.15) is 0 Å². The number of carbonyl (C=O) groups excluding carboxylic acids is 1. The Bertz CT molecular complexity index is 1190. The predicted octanol–water partition coefficient (Wildman–Crippen LogP) is 6.27. The first kappa shape index (κ1) is 27.3. The van der Waals surface area contributed by atoms with E-state index < -0.39 is 0 Å². The van der Waals surface area contributed by atoms with Crippen LogP contribution in [0.4, 0.5) is 15.8 Å². The zero-order valence-electron chi connectivity index (χ0n) is 22.7. The molecule has 3 heterocycles. The average molecular weight is 523 g/mol. The smallest absolute Gasteiger partial charge is 0.214 e. The summed E-state index contributed by atoms with van der Waals surface area (Å²) in [5, 5.41) is -0.121. The van der Waals surface area contributed by atoms with Gasteiger partial charge in [0.15, 0.2) is 5.13 Å². The molecule has 1 amide bonds. The van der Waals surface area contributed by atoms with Crippen LogP contribution in [0.1, 0.15) is 49.7 Å². The van der Waals surface area contributed by atoms with Gasteiger partial charge in [-0.15, -0.1) is 11.3 Å². The van der Waals surface area contributed by atoms with Crippen LogP contribution < -0.4 is 9.80 Å². The van der Waals surface area contributed by atoms with Crippen molar-refractivity contribution in [3.05, 3.63) is 76.0 Å². The van der Waals surface area contributed by atoms with Crippen molar-refractivity contribution >= 4 is 29.1 Å². The Hall–Kier alpha value is -2.77. The van der Waals surface area contributed by atoms with Crippen LogP contribution in [0.25, 0.3) is 0 Å². The van der Waals surface area contributed by atoms with E-state index >= 15 is 0 Å².